The van der Waals surface area contributed by atoms with Crippen molar-refractivity contribution in [2.24, 2.45) is 0 Å². The monoisotopic (exact) mass is 340 g/mol. The lowest BCUT2D eigenvalue weighted by Gasteiger charge is -2.36. The van der Waals surface area contributed by atoms with Crippen LogP contribution < -0.4 is 0 Å². The van der Waals surface area contributed by atoms with Gasteiger partial charge in [-0.15, -0.1) is 24.0 Å². The minimum atomic E-state index is 0. The van der Waals surface area contributed by atoms with Crippen molar-refractivity contribution >= 4 is 24.0 Å². The zero-order valence-electron chi connectivity index (χ0n) is 10.8. The number of nitrogens with zero attached hydrogens (tertiary/aromatic N) is 1. The van der Waals surface area contributed by atoms with Gasteiger partial charge in [-0.3, -0.25) is 0 Å². The maximum atomic E-state index is 5.38. The van der Waals surface area contributed by atoms with E-state index in [1.54, 1.807) is 0 Å². The van der Waals surface area contributed by atoms with Crippen LogP contribution in [0.5, 0.6) is 0 Å². The third kappa shape index (κ3) is 6.86. The molecule has 0 aliphatic carbocycles. The number of allylic oxidation sites excluding steroid dienone is 1. The van der Waals surface area contributed by atoms with Crippen LogP contribution in [-0.4, -0.2) is 44.4 Å². The van der Waals surface area contributed by atoms with Crippen LogP contribution in [0, 0.1) is 0 Å². The quantitative estimate of drug-likeness (QED) is 0.312. The highest BCUT2D eigenvalue weighted by Gasteiger charge is 2.23. The van der Waals surface area contributed by atoms with Gasteiger partial charge in [0, 0.05) is 0 Å². The number of unbranched alkanes of at least 4 members (excludes halogenated alkanes) is 3. The van der Waals surface area contributed by atoms with Crippen molar-refractivity contribution in [3.8, 4) is 0 Å². The smallest absolute Gasteiger partial charge is 0.102 e. The second-order valence-corrected chi connectivity index (χ2v) is 4.83. The van der Waals surface area contributed by atoms with Gasteiger partial charge in [0.2, 0.25) is 0 Å². The molecule has 0 unspecified atom stereocenters. The average Bonchev–Trinajstić information content (AvgIpc) is 2.24. The molecule has 0 atom stereocenters. The summed E-state index contributed by atoms with van der Waals surface area (Å²) < 4.78 is 6.54. The number of halogens is 1. The van der Waals surface area contributed by atoms with E-state index >= 15 is 0 Å². The Balaban J connectivity index is 0.00000225. The number of rotatable bonds is 6. The molecule has 0 radical (unpaired) electrons. The van der Waals surface area contributed by atoms with Crippen molar-refractivity contribution < 1.29 is 9.22 Å². The molecule has 0 spiro atoms. The maximum Gasteiger partial charge on any atom is 0.102 e. The topological polar surface area (TPSA) is 9.23 Å². The summed E-state index contributed by atoms with van der Waals surface area (Å²) in [6.45, 7) is 7.62. The van der Waals surface area contributed by atoms with Crippen molar-refractivity contribution in [3.63, 3.8) is 0 Å². The molecular weight excluding hydrogens is 313 g/mol. The van der Waals surface area contributed by atoms with Gasteiger partial charge in [-0.25, -0.2) is 0 Å². The van der Waals surface area contributed by atoms with Crippen LogP contribution in [0.1, 0.15) is 32.6 Å². The number of likely N-dealkylation sites (N-methyl/N-ethyl adjacent to an activating group) is 1. The van der Waals surface area contributed by atoms with Gasteiger partial charge in [-0.2, -0.15) is 0 Å². The Hall–Kier alpha value is 0.390. The van der Waals surface area contributed by atoms with Gasteiger partial charge in [0.1, 0.15) is 13.1 Å². The van der Waals surface area contributed by atoms with Gasteiger partial charge >= 0.3 is 0 Å². The molecule has 0 N–H and O–H groups in total. The zero-order chi connectivity index (χ0) is 11.0. The zero-order valence-corrected chi connectivity index (χ0v) is 13.1. The molecular formula is C13H27INO+. The van der Waals surface area contributed by atoms with Crippen molar-refractivity contribution in [2.75, 3.05) is 39.9 Å². The number of hydrogen-bond donors (Lipinski definition) is 0. The van der Waals surface area contributed by atoms with Gasteiger partial charge in [0.15, 0.2) is 0 Å². The first-order valence-corrected chi connectivity index (χ1v) is 6.33. The fraction of sp³-hybridized carbons (Fsp3) is 0.846. The van der Waals surface area contributed by atoms with Crippen molar-refractivity contribution in [3.05, 3.63) is 12.2 Å². The number of hydrogen-bond acceptors (Lipinski definition) is 1. The molecule has 1 rings (SSSR count). The summed E-state index contributed by atoms with van der Waals surface area (Å²) in [6, 6.07) is 0. The fourth-order valence-corrected chi connectivity index (χ4v) is 1.93. The SMILES string of the molecule is CCCCC/C=C/C[N+]1(C)CCOCC1.I. The van der Waals surface area contributed by atoms with Gasteiger partial charge in [0.05, 0.1) is 26.8 Å². The lowest BCUT2D eigenvalue weighted by Crippen LogP contribution is -2.51. The van der Waals surface area contributed by atoms with Crippen LogP contribution in [0.15, 0.2) is 12.2 Å². The summed E-state index contributed by atoms with van der Waals surface area (Å²) in [4.78, 5) is 0. The Bertz CT molecular complexity index is 188. The van der Waals surface area contributed by atoms with E-state index in [2.05, 4.69) is 26.1 Å². The minimum absolute atomic E-state index is 0. The Morgan fingerprint density at radius 1 is 1.12 bits per heavy atom. The lowest BCUT2D eigenvalue weighted by molar-refractivity contribution is -0.911. The van der Waals surface area contributed by atoms with E-state index in [-0.39, 0.29) is 24.0 Å². The highest BCUT2D eigenvalue weighted by molar-refractivity contribution is 14.0. The van der Waals surface area contributed by atoms with E-state index in [4.69, 9.17) is 4.74 Å². The molecule has 1 saturated heterocycles. The molecule has 96 valence electrons. The summed E-state index contributed by atoms with van der Waals surface area (Å²) in [6.07, 6.45) is 10.0. The Morgan fingerprint density at radius 3 is 2.44 bits per heavy atom. The number of ether oxygens (including phenoxy) is 1. The van der Waals surface area contributed by atoms with E-state index in [9.17, 15) is 0 Å². The molecule has 0 saturated carbocycles. The maximum absolute atomic E-state index is 5.38. The molecule has 16 heavy (non-hydrogen) atoms. The number of morpholine rings is 1. The Labute approximate surface area is 118 Å². The van der Waals surface area contributed by atoms with Crippen LogP contribution in [0.2, 0.25) is 0 Å². The summed E-state index contributed by atoms with van der Waals surface area (Å²) in [5.74, 6) is 0. The van der Waals surface area contributed by atoms with E-state index in [1.165, 1.54) is 45.3 Å². The average molecular weight is 340 g/mol. The second-order valence-electron chi connectivity index (χ2n) is 4.83. The van der Waals surface area contributed by atoms with Gasteiger partial charge < -0.3 is 9.22 Å². The first kappa shape index (κ1) is 16.4. The molecule has 1 fully saturated rings. The van der Waals surface area contributed by atoms with E-state index in [0.29, 0.717) is 0 Å². The third-order valence-corrected chi connectivity index (χ3v) is 3.24. The van der Waals surface area contributed by atoms with Gasteiger partial charge in [0.25, 0.3) is 0 Å². The van der Waals surface area contributed by atoms with Crippen LogP contribution in [0.3, 0.4) is 0 Å². The Kier molecular flexibility index (Phi) is 9.65. The molecule has 1 aliphatic heterocycles. The number of quaternary nitrogens is 1. The highest BCUT2D eigenvalue weighted by Crippen LogP contribution is 2.08. The van der Waals surface area contributed by atoms with Gasteiger partial charge in [-0.1, -0.05) is 25.8 Å². The van der Waals surface area contributed by atoms with Crippen LogP contribution in [-0.2, 0) is 4.74 Å². The van der Waals surface area contributed by atoms with E-state index in [0.717, 1.165) is 17.7 Å². The largest absolute Gasteiger partial charge is 0.370 e. The molecule has 0 bridgehead atoms. The molecule has 0 aromatic heterocycles. The van der Waals surface area contributed by atoms with Crippen LogP contribution in [0.4, 0.5) is 0 Å². The van der Waals surface area contributed by atoms with E-state index in [1.807, 2.05) is 0 Å². The minimum Gasteiger partial charge on any atom is -0.370 e. The van der Waals surface area contributed by atoms with Crippen molar-refractivity contribution in [1.82, 2.24) is 0 Å². The van der Waals surface area contributed by atoms with Crippen molar-refractivity contribution in [1.29, 1.82) is 0 Å². The normalized spacial score (nSPS) is 19.6. The highest BCUT2D eigenvalue weighted by atomic mass is 127. The fourth-order valence-electron chi connectivity index (χ4n) is 1.93. The van der Waals surface area contributed by atoms with E-state index < -0.39 is 0 Å². The molecule has 3 heteroatoms. The molecule has 1 aliphatic rings. The molecule has 0 aromatic carbocycles. The van der Waals surface area contributed by atoms with Crippen LogP contribution in [0.25, 0.3) is 0 Å². The third-order valence-electron chi connectivity index (χ3n) is 3.24. The van der Waals surface area contributed by atoms with Crippen LogP contribution >= 0.6 is 24.0 Å². The first-order chi connectivity index (χ1) is 7.27. The molecule has 1 heterocycles. The second kappa shape index (κ2) is 9.42. The van der Waals surface area contributed by atoms with Crippen molar-refractivity contribution in [2.45, 2.75) is 32.6 Å². The Morgan fingerprint density at radius 2 is 1.81 bits per heavy atom. The predicted molar refractivity (Wildman–Crippen MR) is 80.3 cm³/mol. The summed E-state index contributed by atoms with van der Waals surface area (Å²) in [7, 11) is 2.33. The predicted octanol–water partition coefficient (Wildman–Crippen LogP) is 3.22. The summed E-state index contributed by atoms with van der Waals surface area (Å²) in [5, 5.41) is 0. The molecule has 0 aromatic rings. The lowest BCUT2D eigenvalue weighted by atomic mass is 10.2. The molecule has 0 amide bonds. The standard InChI is InChI=1S/C13H26NO.HI/c1-3-4-5-6-7-8-9-14(2)10-12-15-13-11-14;/h7-8H,3-6,9-13H2,1-2H3;1H/q+1;/b8-7+;. The first-order valence-electron chi connectivity index (χ1n) is 6.33. The molecule has 2 nitrogen and oxygen atoms in total. The summed E-state index contributed by atoms with van der Waals surface area (Å²) >= 11 is 0. The van der Waals surface area contributed by atoms with Gasteiger partial charge in [-0.05, 0) is 18.9 Å². The summed E-state index contributed by atoms with van der Waals surface area (Å²) in [5.41, 5.74) is 0.